The summed E-state index contributed by atoms with van der Waals surface area (Å²) in [6.07, 6.45) is -5.43. The average molecular weight is 559 g/mol. The predicted molar refractivity (Wildman–Crippen MR) is 97.4 cm³/mol. The quantitative estimate of drug-likeness (QED) is 0.235. The van der Waals surface area contributed by atoms with Crippen molar-refractivity contribution in [3.63, 3.8) is 0 Å². The maximum Gasteiger partial charge on any atom is 2.00 e. The molecule has 0 aliphatic heterocycles. The molecule has 0 aliphatic carbocycles. The molecule has 0 spiro atoms. The molecular weight excluding hydrogens is 537 g/mol. The molecule has 0 aromatic heterocycles. The van der Waals surface area contributed by atoms with Crippen molar-refractivity contribution in [3.05, 3.63) is 0 Å². The maximum atomic E-state index is 10.1. The zero-order chi connectivity index (χ0) is 21.3. The third kappa shape index (κ3) is 32.8. The van der Waals surface area contributed by atoms with Crippen LogP contribution in [0, 0.1) is 0 Å². The monoisotopic (exact) mass is 558 g/mol. The van der Waals surface area contributed by atoms with Gasteiger partial charge in [0.15, 0.2) is 0 Å². The molecule has 0 aromatic rings. The van der Waals surface area contributed by atoms with Crippen molar-refractivity contribution < 1.29 is 102 Å². The summed E-state index contributed by atoms with van der Waals surface area (Å²) in [7, 11) is 0. The van der Waals surface area contributed by atoms with E-state index in [2.05, 4.69) is 0 Å². The Morgan fingerprint density at radius 3 is 0.600 bits per heavy atom. The Bertz CT molecular complexity index is 526. The summed E-state index contributed by atoms with van der Waals surface area (Å²) in [4.78, 5) is 60.0. The second-order valence-corrected chi connectivity index (χ2v) is 4.83. The third-order valence-corrected chi connectivity index (χ3v) is 2.51. The van der Waals surface area contributed by atoms with Crippen LogP contribution in [0.1, 0.15) is 25.7 Å². The summed E-state index contributed by atoms with van der Waals surface area (Å²) < 4.78 is 0. The fourth-order valence-corrected chi connectivity index (χ4v) is 1.37. The molecule has 23 heteroatoms. The van der Waals surface area contributed by atoms with E-state index in [-0.39, 0.29) is 102 Å². The van der Waals surface area contributed by atoms with Gasteiger partial charge in [-0.1, -0.05) is 0 Å². The second kappa shape index (κ2) is 30.8. The smallest absolute Gasteiger partial charge is 0.550 e. The number of carbonyl (C=O) groups excluding carboxylic acids is 6. The Labute approximate surface area is 243 Å². The first-order valence-corrected chi connectivity index (χ1v) is 6.23. The van der Waals surface area contributed by atoms with Crippen LogP contribution in [-0.4, -0.2) is 159 Å². The largest absolute Gasteiger partial charge is 2.00 e. The van der Waals surface area contributed by atoms with E-state index in [1.165, 1.54) is 0 Å². The molecule has 14 N–H and O–H groups in total. The van der Waals surface area contributed by atoms with Crippen molar-refractivity contribution in [1.82, 2.24) is 0 Å². The molecule has 0 saturated heterocycles. The molecule has 0 aliphatic rings. The van der Waals surface area contributed by atoms with E-state index in [4.69, 9.17) is 10.2 Å². The van der Waals surface area contributed by atoms with Gasteiger partial charge in [0.05, 0.1) is 11.9 Å². The standard InChI is InChI=1S/2C6H8O7.3Mg.6H2O/c2*7-3(8)1-6(13,5(11)12)2-4(9)10;;;;;;;;;/h2*13H,1-2H2,(H,7,8)(H,9,10)(H,11,12);;;;6*1H2/q;;3*+2;;;;;;/p-6. The Kier molecular flexibility index (Phi) is 61.6. The first-order chi connectivity index (χ1) is 11.6. The van der Waals surface area contributed by atoms with Crippen LogP contribution in [0.5, 0.6) is 0 Å². The number of rotatable bonds is 10. The van der Waals surface area contributed by atoms with Crippen LogP contribution in [0.25, 0.3) is 0 Å². The molecule has 0 heterocycles. The van der Waals surface area contributed by atoms with Crippen molar-refractivity contribution in [2.45, 2.75) is 36.9 Å². The maximum absolute atomic E-state index is 10.1. The molecule has 0 saturated carbocycles. The molecule has 0 amide bonds. The number of carbonyl (C=O) groups is 6. The molecule has 0 rings (SSSR count). The van der Waals surface area contributed by atoms with Gasteiger partial charge >= 0.3 is 69.2 Å². The minimum absolute atomic E-state index is 0. The van der Waals surface area contributed by atoms with Crippen LogP contribution < -0.4 is 30.6 Å². The van der Waals surface area contributed by atoms with Gasteiger partial charge in [-0.2, -0.15) is 0 Å². The molecular formula is C12H22Mg3O20. The first kappa shape index (κ1) is 70.0. The van der Waals surface area contributed by atoms with Crippen molar-refractivity contribution in [1.29, 1.82) is 0 Å². The van der Waals surface area contributed by atoms with E-state index < -0.39 is 72.7 Å². The molecule has 0 unspecified atom stereocenters. The van der Waals surface area contributed by atoms with E-state index in [1.54, 1.807) is 0 Å². The minimum Gasteiger partial charge on any atom is -0.550 e. The summed E-state index contributed by atoms with van der Waals surface area (Å²) in [6, 6.07) is 0. The van der Waals surface area contributed by atoms with Gasteiger partial charge in [-0.25, -0.2) is 0 Å². The van der Waals surface area contributed by atoms with E-state index >= 15 is 0 Å². The summed E-state index contributed by atoms with van der Waals surface area (Å²) in [5.41, 5.74) is -5.95. The summed E-state index contributed by atoms with van der Waals surface area (Å²) >= 11 is 0. The molecule has 0 bridgehead atoms. The van der Waals surface area contributed by atoms with Crippen LogP contribution in [0.4, 0.5) is 0 Å². The van der Waals surface area contributed by atoms with Gasteiger partial charge in [-0.3, -0.25) is 0 Å². The predicted octanol–water partition coefficient (Wildman–Crippen LogP) is -16.6. The number of hydrogen-bond acceptors (Lipinski definition) is 14. The van der Waals surface area contributed by atoms with Crippen molar-refractivity contribution in [3.8, 4) is 0 Å². The zero-order valence-electron chi connectivity index (χ0n) is 17.7. The van der Waals surface area contributed by atoms with E-state index in [1.807, 2.05) is 0 Å². The van der Waals surface area contributed by atoms with Gasteiger partial charge in [0.2, 0.25) is 0 Å². The van der Waals surface area contributed by atoms with Crippen LogP contribution in [0.3, 0.4) is 0 Å². The summed E-state index contributed by atoms with van der Waals surface area (Å²) in [5, 5.41) is 77.9. The fourth-order valence-electron chi connectivity index (χ4n) is 1.37. The number of carboxylic acid groups (broad SMARTS) is 6. The van der Waals surface area contributed by atoms with Gasteiger partial charge < -0.3 is 102 Å². The average Bonchev–Trinajstić information content (AvgIpc) is 2.34. The van der Waals surface area contributed by atoms with Gasteiger partial charge in [0, 0.05) is 49.6 Å². The van der Waals surface area contributed by atoms with Gasteiger partial charge in [-0.05, 0) is 0 Å². The minimum atomic E-state index is -2.97. The van der Waals surface area contributed by atoms with Crippen LogP contribution >= 0.6 is 0 Å². The number of aliphatic carboxylic acids is 6. The third-order valence-electron chi connectivity index (χ3n) is 2.51. The Balaban J connectivity index is -0.0000000291. The van der Waals surface area contributed by atoms with Crippen molar-refractivity contribution >= 4 is 105 Å². The van der Waals surface area contributed by atoms with E-state index in [0.717, 1.165) is 0 Å². The zero-order valence-corrected chi connectivity index (χ0v) is 22.0. The summed E-state index contributed by atoms with van der Waals surface area (Å²) in [5.74, 6) is -12.0. The molecule has 20 nitrogen and oxygen atoms in total. The van der Waals surface area contributed by atoms with Crippen molar-refractivity contribution in [2.75, 3.05) is 0 Å². The van der Waals surface area contributed by atoms with Gasteiger partial charge in [0.25, 0.3) is 0 Å². The van der Waals surface area contributed by atoms with Crippen LogP contribution in [0.15, 0.2) is 0 Å². The molecule has 0 fully saturated rings. The molecule has 196 valence electrons. The molecule has 0 atom stereocenters. The van der Waals surface area contributed by atoms with E-state index in [0.29, 0.717) is 0 Å². The van der Waals surface area contributed by atoms with Gasteiger partial charge in [-0.15, -0.1) is 0 Å². The van der Waals surface area contributed by atoms with E-state index in [9.17, 15) is 59.4 Å². The summed E-state index contributed by atoms with van der Waals surface area (Å²) in [6.45, 7) is 0. The van der Waals surface area contributed by atoms with Crippen molar-refractivity contribution in [2.24, 2.45) is 0 Å². The van der Waals surface area contributed by atoms with Crippen LogP contribution in [-0.2, 0) is 28.8 Å². The van der Waals surface area contributed by atoms with Gasteiger partial charge in [0.1, 0.15) is 11.2 Å². The Morgan fingerprint density at radius 1 is 0.429 bits per heavy atom. The first-order valence-electron chi connectivity index (χ1n) is 6.23. The second-order valence-electron chi connectivity index (χ2n) is 4.83. The molecule has 0 radical (unpaired) electrons. The molecule has 0 aromatic carbocycles. The number of aliphatic hydroxyl groups is 2. The number of carboxylic acids is 6. The normalized spacial score (nSPS) is 8.06. The SMILES string of the molecule is O.O.O.O.O.O.O=C([O-])CC(O)(CC(=O)[O-])C(=O)[O-].O=C([O-])CC(O)(CC(=O)[O-])C(=O)[O-].[Mg+2].[Mg+2].[Mg+2]. The number of hydrogen-bond donors (Lipinski definition) is 2. The van der Waals surface area contributed by atoms with Crippen LogP contribution in [0.2, 0.25) is 0 Å². The molecule has 35 heavy (non-hydrogen) atoms. The topological polar surface area (TPSA) is 470 Å². The Morgan fingerprint density at radius 2 is 0.543 bits per heavy atom. The Hall–Kier alpha value is -1.20. The fraction of sp³-hybridized carbons (Fsp3) is 0.500.